The summed E-state index contributed by atoms with van der Waals surface area (Å²) in [7, 11) is 1.65. The van der Waals surface area contributed by atoms with Gasteiger partial charge in [-0.25, -0.2) is 0 Å². The number of hydrogen-bond donors (Lipinski definition) is 0. The van der Waals surface area contributed by atoms with Crippen molar-refractivity contribution in [2.75, 3.05) is 7.11 Å². The Labute approximate surface area is 132 Å². The highest BCUT2D eigenvalue weighted by molar-refractivity contribution is 6.03. The predicted molar refractivity (Wildman–Crippen MR) is 92.1 cm³/mol. The fraction of sp³-hybridized carbons (Fsp3) is 0.250. The summed E-state index contributed by atoms with van der Waals surface area (Å²) >= 11 is 0. The number of benzene rings is 2. The second-order valence-electron chi connectivity index (χ2n) is 6.27. The van der Waals surface area contributed by atoms with E-state index in [1.54, 1.807) is 7.11 Å². The van der Waals surface area contributed by atoms with Crippen LogP contribution in [0.5, 0.6) is 5.75 Å². The molecule has 2 heteroatoms. The number of hydrogen-bond acceptors (Lipinski definition) is 2. The zero-order valence-electron chi connectivity index (χ0n) is 13.6. The maximum absolute atomic E-state index is 12.5. The molecular weight excluding hydrogens is 272 g/mol. The van der Waals surface area contributed by atoms with Crippen LogP contribution in [0.3, 0.4) is 0 Å². The van der Waals surface area contributed by atoms with Crippen molar-refractivity contribution in [3.8, 4) is 5.75 Å². The van der Waals surface area contributed by atoms with Crippen molar-refractivity contribution in [2.24, 2.45) is 5.41 Å². The Morgan fingerprint density at radius 2 is 1.59 bits per heavy atom. The molecule has 0 fully saturated rings. The van der Waals surface area contributed by atoms with E-state index in [0.29, 0.717) is 0 Å². The molecule has 0 radical (unpaired) electrons. The highest BCUT2D eigenvalue weighted by Crippen LogP contribution is 2.24. The maximum atomic E-state index is 12.5. The molecule has 0 N–H and O–H groups in total. The summed E-state index contributed by atoms with van der Waals surface area (Å²) in [4.78, 5) is 12.5. The van der Waals surface area contributed by atoms with Gasteiger partial charge >= 0.3 is 0 Å². The number of ether oxygens (including phenoxy) is 1. The lowest BCUT2D eigenvalue weighted by molar-refractivity contribution is 0.0858. The van der Waals surface area contributed by atoms with Crippen molar-refractivity contribution in [2.45, 2.75) is 20.8 Å². The van der Waals surface area contributed by atoms with Crippen molar-refractivity contribution in [1.82, 2.24) is 0 Å². The highest BCUT2D eigenvalue weighted by atomic mass is 16.5. The zero-order chi connectivity index (χ0) is 16.2. The number of carbonyl (C=O) groups excluding carboxylic acids is 1. The van der Waals surface area contributed by atoms with Gasteiger partial charge in [-0.3, -0.25) is 4.79 Å². The van der Waals surface area contributed by atoms with Crippen LogP contribution in [0.4, 0.5) is 0 Å². The largest absolute Gasteiger partial charge is 0.497 e. The average Bonchev–Trinajstić information content (AvgIpc) is 2.52. The Bertz CT molecular complexity index is 674. The van der Waals surface area contributed by atoms with E-state index in [4.69, 9.17) is 4.74 Å². The van der Waals surface area contributed by atoms with Crippen molar-refractivity contribution in [3.63, 3.8) is 0 Å². The van der Waals surface area contributed by atoms with Gasteiger partial charge in [0.2, 0.25) is 0 Å². The average molecular weight is 294 g/mol. The lowest BCUT2D eigenvalue weighted by Gasteiger charge is -2.18. The minimum absolute atomic E-state index is 0.155. The molecule has 0 saturated carbocycles. The van der Waals surface area contributed by atoms with Gasteiger partial charge in [0.25, 0.3) is 0 Å². The second kappa shape index (κ2) is 6.61. The van der Waals surface area contributed by atoms with Gasteiger partial charge in [-0.15, -0.1) is 0 Å². The quantitative estimate of drug-likeness (QED) is 0.579. The van der Waals surface area contributed by atoms with Gasteiger partial charge in [0.1, 0.15) is 5.75 Å². The molecule has 0 aliphatic heterocycles. The maximum Gasteiger partial charge on any atom is 0.168 e. The lowest BCUT2D eigenvalue weighted by atomic mass is 9.84. The van der Waals surface area contributed by atoms with Crippen molar-refractivity contribution in [1.29, 1.82) is 0 Å². The summed E-state index contributed by atoms with van der Waals surface area (Å²) in [5.41, 5.74) is 2.39. The van der Waals surface area contributed by atoms with Crippen molar-refractivity contribution < 1.29 is 9.53 Å². The Kier molecular flexibility index (Phi) is 4.81. The first kappa shape index (κ1) is 16.0. The van der Waals surface area contributed by atoms with Gasteiger partial charge < -0.3 is 4.74 Å². The molecule has 0 amide bonds. The van der Waals surface area contributed by atoms with E-state index in [9.17, 15) is 4.79 Å². The molecule has 2 rings (SSSR count). The van der Waals surface area contributed by atoms with Crippen LogP contribution in [-0.2, 0) is 0 Å². The first-order chi connectivity index (χ1) is 10.4. The van der Waals surface area contributed by atoms with Gasteiger partial charge in [0, 0.05) is 11.0 Å². The molecule has 2 aromatic carbocycles. The van der Waals surface area contributed by atoms with Crippen LogP contribution in [0.1, 0.15) is 42.3 Å². The van der Waals surface area contributed by atoms with E-state index >= 15 is 0 Å². The van der Waals surface area contributed by atoms with Crippen LogP contribution >= 0.6 is 0 Å². The molecular formula is C20H22O2. The van der Waals surface area contributed by atoms with Gasteiger partial charge in [-0.05, 0) is 23.3 Å². The SMILES string of the molecule is COc1ccc(/C=C/c2ccccc2C(=O)C(C)(C)C)cc1. The fourth-order valence-electron chi connectivity index (χ4n) is 2.15. The Balaban J connectivity index is 2.29. The van der Waals surface area contributed by atoms with Crippen LogP contribution in [0.15, 0.2) is 48.5 Å². The number of carbonyl (C=O) groups is 1. The molecule has 22 heavy (non-hydrogen) atoms. The molecule has 114 valence electrons. The van der Waals surface area contributed by atoms with Gasteiger partial charge in [0.15, 0.2) is 5.78 Å². The number of methoxy groups -OCH3 is 1. The number of ketones is 1. The molecule has 0 atom stereocenters. The molecule has 0 aromatic heterocycles. The fourth-order valence-corrected chi connectivity index (χ4v) is 2.15. The lowest BCUT2D eigenvalue weighted by Crippen LogP contribution is -2.20. The molecule has 2 nitrogen and oxygen atoms in total. The van der Waals surface area contributed by atoms with Crippen LogP contribution in [0.25, 0.3) is 12.2 Å². The minimum Gasteiger partial charge on any atom is -0.497 e. The summed E-state index contributed by atoms with van der Waals surface area (Å²) in [5, 5.41) is 0. The van der Waals surface area contributed by atoms with Gasteiger partial charge in [-0.2, -0.15) is 0 Å². The Morgan fingerprint density at radius 1 is 0.955 bits per heavy atom. The van der Waals surface area contributed by atoms with Crippen molar-refractivity contribution in [3.05, 3.63) is 65.2 Å². The van der Waals surface area contributed by atoms with E-state index in [1.807, 2.05) is 81.5 Å². The normalized spacial score (nSPS) is 11.6. The second-order valence-corrected chi connectivity index (χ2v) is 6.27. The van der Waals surface area contributed by atoms with Crippen LogP contribution < -0.4 is 4.74 Å². The first-order valence-electron chi connectivity index (χ1n) is 7.38. The number of Topliss-reactive ketones (excluding diaryl/α,β-unsaturated/α-hetero) is 1. The topological polar surface area (TPSA) is 26.3 Å². The third kappa shape index (κ3) is 3.85. The zero-order valence-corrected chi connectivity index (χ0v) is 13.6. The van der Waals surface area contributed by atoms with Crippen LogP contribution in [0.2, 0.25) is 0 Å². The summed E-state index contributed by atoms with van der Waals surface area (Å²) in [6, 6.07) is 15.5. The van der Waals surface area contributed by atoms with E-state index in [2.05, 4.69) is 0 Å². The van der Waals surface area contributed by atoms with Crippen LogP contribution in [0, 0.1) is 5.41 Å². The molecule has 2 aromatic rings. The van der Waals surface area contributed by atoms with Gasteiger partial charge in [0.05, 0.1) is 7.11 Å². The third-order valence-corrected chi connectivity index (χ3v) is 3.46. The van der Waals surface area contributed by atoms with E-state index in [0.717, 1.165) is 22.4 Å². The standard InChI is InChI=1S/C20H22O2/c1-20(2,3)19(21)18-8-6-5-7-16(18)12-9-15-10-13-17(22-4)14-11-15/h5-14H,1-4H3/b12-9+. The smallest absolute Gasteiger partial charge is 0.168 e. The summed E-state index contributed by atoms with van der Waals surface area (Å²) in [6.07, 6.45) is 4.00. The monoisotopic (exact) mass is 294 g/mol. The van der Waals surface area contributed by atoms with E-state index in [1.165, 1.54) is 0 Å². The summed E-state index contributed by atoms with van der Waals surface area (Å²) in [5.74, 6) is 0.989. The molecule has 0 saturated heterocycles. The van der Waals surface area contributed by atoms with Crippen LogP contribution in [-0.4, -0.2) is 12.9 Å². The Morgan fingerprint density at radius 3 is 2.18 bits per heavy atom. The van der Waals surface area contributed by atoms with Crippen molar-refractivity contribution >= 4 is 17.9 Å². The van der Waals surface area contributed by atoms with E-state index in [-0.39, 0.29) is 11.2 Å². The molecule has 0 aliphatic carbocycles. The molecule has 0 unspecified atom stereocenters. The minimum atomic E-state index is -0.385. The predicted octanol–water partition coefficient (Wildman–Crippen LogP) is 5.09. The molecule has 0 heterocycles. The number of rotatable bonds is 4. The van der Waals surface area contributed by atoms with E-state index < -0.39 is 0 Å². The molecule has 0 spiro atoms. The van der Waals surface area contributed by atoms with Gasteiger partial charge in [-0.1, -0.05) is 69.3 Å². The third-order valence-electron chi connectivity index (χ3n) is 3.46. The first-order valence-corrected chi connectivity index (χ1v) is 7.38. The summed E-state index contributed by atoms with van der Waals surface area (Å²) in [6.45, 7) is 5.83. The summed E-state index contributed by atoms with van der Waals surface area (Å²) < 4.78 is 5.15. The molecule has 0 aliphatic rings. The Hall–Kier alpha value is -2.35. The molecule has 0 bridgehead atoms. The highest BCUT2D eigenvalue weighted by Gasteiger charge is 2.24.